The van der Waals surface area contributed by atoms with Crippen LogP contribution in [0.4, 0.5) is 0 Å². The van der Waals surface area contributed by atoms with Gasteiger partial charge in [0, 0.05) is 54.7 Å². The number of aromatic nitrogens is 2. The molecule has 0 bridgehead atoms. The molecule has 1 aromatic carbocycles. The van der Waals surface area contributed by atoms with Crippen molar-refractivity contribution in [3.63, 3.8) is 0 Å². The summed E-state index contributed by atoms with van der Waals surface area (Å²) < 4.78 is 2.40. The monoisotopic (exact) mass is 472 g/mol. The van der Waals surface area contributed by atoms with Gasteiger partial charge in [0.25, 0.3) is 5.56 Å². The molecule has 1 aliphatic carbocycles. The first-order valence-electron chi connectivity index (χ1n) is 11.0. The number of piperazine rings is 1. The van der Waals surface area contributed by atoms with Crippen LogP contribution in [-0.2, 0) is 11.3 Å². The van der Waals surface area contributed by atoms with Crippen molar-refractivity contribution in [2.45, 2.75) is 51.1 Å². The Morgan fingerprint density at radius 3 is 2.37 bits per heavy atom. The van der Waals surface area contributed by atoms with Crippen LogP contribution >= 0.6 is 15.9 Å². The largest absolute Gasteiger partial charge is 0.340 e. The van der Waals surface area contributed by atoms with E-state index in [0.717, 1.165) is 41.9 Å². The smallest absolute Gasteiger partial charge is 0.266 e. The van der Waals surface area contributed by atoms with Gasteiger partial charge in [0.05, 0.1) is 12.2 Å². The lowest BCUT2D eigenvalue weighted by molar-refractivity contribution is -0.133. The fourth-order valence-corrected chi connectivity index (χ4v) is 4.79. The number of aryl methyl sites for hydroxylation is 1. The van der Waals surface area contributed by atoms with E-state index in [0.29, 0.717) is 19.0 Å². The first kappa shape index (κ1) is 21.2. The molecule has 2 aromatic rings. The Bertz CT molecular complexity index is 914. The van der Waals surface area contributed by atoms with Gasteiger partial charge in [0.1, 0.15) is 0 Å². The van der Waals surface area contributed by atoms with Gasteiger partial charge >= 0.3 is 0 Å². The van der Waals surface area contributed by atoms with Crippen LogP contribution < -0.4 is 5.56 Å². The van der Waals surface area contributed by atoms with Crippen molar-refractivity contribution in [3.05, 3.63) is 51.2 Å². The van der Waals surface area contributed by atoms with Gasteiger partial charge in [-0.1, -0.05) is 47.3 Å². The third-order valence-corrected chi connectivity index (χ3v) is 6.83. The summed E-state index contributed by atoms with van der Waals surface area (Å²) in [6.45, 7) is 3.82. The molecular formula is C23H29BrN4O2. The minimum atomic E-state index is -0.175. The zero-order chi connectivity index (χ0) is 20.9. The highest BCUT2D eigenvalue weighted by Crippen LogP contribution is 2.23. The maximum atomic E-state index is 12.7. The minimum absolute atomic E-state index is 0.112. The summed E-state index contributed by atoms with van der Waals surface area (Å²) in [6, 6.07) is 11.8. The van der Waals surface area contributed by atoms with Crippen molar-refractivity contribution >= 4 is 21.8 Å². The van der Waals surface area contributed by atoms with Gasteiger partial charge in [-0.25, -0.2) is 4.68 Å². The van der Waals surface area contributed by atoms with E-state index in [1.54, 1.807) is 6.07 Å². The lowest BCUT2D eigenvalue weighted by Gasteiger charge is -2.40. The Morgan fingerprint density at radius 1 is 0.967 bits per heavy atom. The Hall–Kier alpha value is -1.99. The quantitative estimate of drug-likeness (QED) is 0.667. The summed E-state index contributed by atoms with van der Waals surface area (Å²) in [7, 11) is 0. The highest BCUT2D eigenvalue weighted by Gasteiger charge is 2.26. The van der Waals surface area contributed by atoms with Crippen molar-refractivity contribution in [1.82, 2.24) is 19.6 Å². The maximum Gasteiger partial charge on any atom is 0.266 e. The highest BCUT2D eigenvalue weighted by atomic mass is 79.9. The van der Waals surface area contributed by atoms with E-state index in [1.807, 2.05) is 29.2 Å². The average Bonchev–Trinajstić information content (AvgIpc) is 2.79. The van der Waals surface area contributed by atoms with Crippen molar-refractivity contribution in [2.75, 3.05) is 26.2 Å². The van der Waals surface area contributed by atoms with Crippen LogP contribution in [0.3, 0.4) is 0 Å². The molecule has 1 aliphatic heterocycles. The van der Waals surface area contributed by atoms with Crippen LogP contribution in [0.5, 0.6) is 0 Å². The number of carbonyl (C=O) groups excluding carboxylic acids is 1. The summed E-state index contributed by atoms with van der Waals surface area (Å²) in [5, 5.41) is 4.47. The first-order chi connectivity index (χ1) is 14.6. The second kappa shape index (κ2) is 9.88. The van der Waals surface area contributed by atoms with Crippen LogP contribution in [-0.4, -0.2) is 57.7 Å². The maximum absolute atomic E-state index is 12.7. The molecule has 0 radical (unpaired) electrons. The van der Waals surface area contributed by atoms with E-state index in [2.05, 4.69) is 25.9 Å². The fraction of sp³-hybridized carbons (Fsp3) is 0.522. The number of rotatable bonds is 5. The van der Waals surface area contributed by atoms with Gasteiger partial charge in [-0.3, -0.25) is 14.5 Å². The number of nitrogens with zero attached hydrogens (tertiary/aromatic N) is 4. The molecule has 1 saturated heterocycles. The Morgan fingerprint density at radius 2 is 1.67 bits per heavy atom. The van der Waals surface area contributed by atoms with E-state index >= 15 is 0 Å². The predicted octanol–water partition coefficient (Wildman–Crippen LogP) is 3.54. The Balaban J connectivity index is 1.32. The van der Waals surface area contributed by atoms with Gasteiger partial charge in [-0.15, -0.1) is 0 Å². The van der Waals surface area contributed by atoms with Crippen LogP contribution in [0.2, 0.25) is 0 Å². The van der Waals surface area contributed by atoms with E-state index in [-0.39, 0.29) is 11.5 Å². The molecular weight excluding hydrogens is 444 g/mol. The number of hydrogen-bond acceptors (Lipinski definition) is 4. The van der Waals surface area contributed by atoms with Crippen molar-refractivity contribution in [3.8, 4) is 11.3 Å². The summed E-state index contributed by atoms with van der Waals surface area (Å²) in [5.74, 6) is 0.112. The second-order valence-corrected chi connectivity index (χ2v) is 9.16. The molecule has 1 aromatic heterocycles. The highest BCUT2D eigenvalue weighted by molar-refractivity contribution is 9.10. The molecule has 4 rings (SSSR count). The summed E-state index contributed by atoms with van der Waals surface area (Å²) in [5.41, 5.74) is 1.50. The van der Waals surface area contributed by atoms with Gasteiger partial charge in [-0.2, -0.15) is 5.10 Å². The summed E-state index contributed by atoms with van der Waals surface area (Å²) >= 11 is 3.43. The Labute approximate surface area is 186 Å². The molecule has 2 aliphatic rings. The average molecular weight is 473 g/mol. The third kappa shape index (κ3) is 5.19. The summed E-state index contributed by atoms with van der Waals surface area (Å²) in [6.07, 6.45) is 6.95. The second-order valence-electron chi connectivity index (χ2n) is 8.25. The zero-order valence-corrected chi connectivity index (χ0v) is 18.9. The Kier molecular flexibility index (Phi) is 7.00. The molecule has 2 heterocycles. The van der Waals surface area contributed by atoms with Crippen LogP contribution in [0.25, 0.3) is 11.3 Å². The molecule has 7 heteroatoms. The molecule has 0 atom stereocenters. The number of benzene rings is 1. The molecule has 6 nitrogen and oxygen atoms in total. The number of hydrogen-bond donors (Lipinski definition) is 0. The summed E-state index contributed by atoms with van der Waals surface area (Å²) in [4.78, 5) is 29.5. The fourth-order valence-electron chi connectivity index (χ4n) is 4.53. The molecule has 2 fully saturated rings. The number of amides is 1. The van der Waals surface area contributed by atoms with Gasteiger partial charge in [0.2, 0.25) is 5.91 Å². The van der Waals surface area contributed by atoms with Crippen molar-refractivity contribution in [2.24, 2.45) is 0 Å². The van der Waals surface area contributed by atoms with Crippen molar-refractivity contribution in [1.29, 1.82) is 0 Å². The van der Waals surface area contributed by atoms with E-state index in [4.69, 9.17) is 0 Å². The molecule has 30 heavy (non-hydrogen) atoms. The first-order valence-corrected chi connectivity index (χ1v) is 11.8. The lowest BCUT2D eigenvalue weighted by Crippen LogP contribution is -2.52. The lowest BCUT2D eigenvalue weighted by atomic mass is 9.94. The zero-order valence-electron chi connectivity index (χ0n) is 17.3. The van der Waals surface area contributed by atoms with Gasteiger partial charge in [0.15, 0.2) is 0 Å². The van der Waals surface area contributed by atoms with Gasteiger partial charge in [-0.05, 0) is 31.0 Å². The molecule has 0 N–H and O–H groups in total. The van der Waals surface area contributed by atoms with E-state index in [1.165, 1.54) is 42.9 Å². The van der Waals surface area contributed by atoms with Gasteiger partial charge < -0.3 is 4.90 Å². The molecule has 0 unspecified atom stereocenters. The minimum Gasteiger partial charge on any atom is -0.340 e. The predicted molar refractivity (Wildman–Crippen MR) is 121 cm³/mol. The van der Waals surface area contributed by atoms with Crippen LogP contribution in [0, 0.1) is 0 Å². The standard InChI is InChI=1S/C23H29BrN4O2/c24-19-8-6-18(7-9-19)21-10-11-23(30)28(25-21)13-12-22(29)27-16-14-26(15-17-27)20-4-2-1-3-5-20/h6-11,20H,1-5,12-17H2. The van der Waals surface area contributed by atoms with E-state index < -0.39 is 0 Å². The van der Waals surface area contributed by atoms with Crippen LogP contribution in [0.1, 0.15) is 38.5 Å². The molecule has 0 spiro atoms. The third-order valence-electron chi connectivity index (χ3n) is 6.30. The number of halogens is 1. The normalized spacial score (nSPS) is 18.5. The molecule has 1 amide bonds. The van der Waals surface area contributed by atoms with Crippen LogP contribution in [0.15, 0.2) is 45.7 Å². The molecule has 160 valence electrons. The van der Waals surface area contributed by atoms with Crippen molar-refractivity contribution < 1.29 is 4.79 Å². The topological polar surface area (TPSA) is 58.4 Å². The number of carbonyl (C=O) groups is 1. The molecule has 1 saturated carbocycles. The SMILES string of the molecule is O=C(CCn1nc(-c2ccc(Br)cc2)ccc1=O)N1CCN(C2CCCCC2)CC1. The van der Waals surface area contributed by atoms with E-state index in [9.17, 15) is 9.59 Å².